The summed E-state index contributed by atoms with van der Waals surface area (Å²) in [5, 5.41) is 54.4. The third-order valence-electron chi connectivity index (χ3n) is 15.6. The van der Waals surface area contributed by atoms with E-state index in [0.29, 0.717) is 53.9 Å². The van der Waals surface area contributed by atoms with Gasteiger partial charge in [-0.15, -0.1) is 0 Å². The number of aromatic hydroxyl groups is 2. The number of hydrogen-bond acceptors (Lipinski definition) is 17. The van der Waals surface area contributed by atoms with Crippen LogP contribution in [0, 0.1) is 17.2 Å². The van der Waals surface area contributed by atoms with Crippen LogP contribution in [0.3, 0.4) is 0 Å². The Kier molecular flexibility index (Phi) is 30.6. The van der Waals surface area contributed by atoms with Crippen molar-refractivity contribution in [2.45, 2.75) is 153 Å². The summed E-state index contributed by atoms with van der Waals surface area (Å²) in [5.41, 5.74) is 25.6. The number of carbonyl (C=O) groups excluding carboxylic acids is 10. The number of nitrogens with one attached hydrogen (secondary N) is 13. The highest BCUT2D eigenvalue weighted by molar-refractivity contribution is 5.98. The molecule has 3 aromatic carbocycles. The highest BCUT2D eigenvalue weighted by atomic mass is 16.3. The average Bonchev–Trinajstić information content (AvgIpc) is 1.38. The van der Waals surface area contributed by atoms with E-state index in [1.54, 1.807) is 64.2 Å². The van der Waals surface area contributed by atoms with Crippen LogP contribution in [0.4, 0.5) is 0 Å². The van der Waals surface area contributed by atoms with Crippen LogP contribution in [0.25, 0.3) is 0 Å². The number of rotatable bonds is 40. The van der Waals surface area contributed by atoms with E-state index in [1.165, 1.54) is 67.4 Å². The van der Waals surface area contributed by atoms with Crippen molar-refractivity contribution in [1.82, 2.24) is 73.1 Å². The van der Waals surface area contributed by atoms with Gasteiger partial charge in [-0.3, -0.25) is 53.4 Å². The molecule has 5 rings (SSSR count). The number of imidazole rings is 2. The number of nitrogens with two attached hydrogens (primary N) is 4. The number of phenols is 2. The molecule has 0 spiro atoms. The average molecular weight is 1320 g/mol. The molecule has 95 heavy (non-hydrogen) atoms. The van der Waals surface area contributed by atoms with Crippen LogP contribution in [0.5, 0.6) is 11.5 Å². The lowest BCUT2D eigenvalue weighted by molar-refractivity contribution is -0.136. The molecule has 0 radical (unpaired) electrons. The van der Waals surface area contributed by atoms with Gasteiger partial charge in [0.15, 0.2) is 5.96 Å². The molecular formula is C64H91N19O12. The summed E-state index contributed by atoms with van der Waals surface area (Å²) in [6.45, 7) is 6.43. The minimum atomic E-state index is -1.47. The van der Waals surface area contributed by atoms with Crippen LogP contribution >= 0.6 is 0 Å². The van der Waals surface area contributed by atoms with E-state index in [0.717, 1.165) is 0 Å². The third kappa shape index (κ3) is 25.9. The standard InChI is InChI=1S/C64H91N19O12/c1-5-37(4)54(63(95)81-51(30-42-32-71-35-75-42)61(93)77-47(15-11-25-72-64(68)69)58(90)80-50(28-40-18-22-44(85)23-19-40)59(91)76-46(55(67)87)14-9-10-24-65)83-62(94)53(36(2)3)82-52(86)33-73-57(89)48(27-39-16-20-43(84)21-17-39)79-60(92)49(26-38-12-7-6-8-13-38)78-56(88)45(66)29-41-31-70-34-74-41/h6-8,12-13,16-23,31-32,34-37,45-51,53-54,84-85H,5,9-11,14-15,24-30,33,65-66H2,1-4H3,(H2,67,87)(H,70,74)(H,71,75)(H,73,89)(H,76,91)(H,77,93)(H,78,88)(H,79,92)(H,80,90)(H,81,95)(H,82,86)(H,83,94)(H4,68,69,72)/t37-,45-,46-,47-,48+,49-,50-,51+,53-,54-/m0/s1. The molecule has 0 saturated carbocycles. The molecule has 0 unspecified atom stereocenters. The molecule has 10 atom stereocenters. The van der Waals surface area contributed by atoms with Crippen molar-refractivity contribution in [3.8, 4) is 11.5 Å². The van der Waals surface area contributed by atoms with Crippen LogP contribution in [0.2, 0.25) is 0 Å². The Balaban J connectivity index is 1.33. The Morgan fingerprint density at radius 2 is 0.958 bits per heavy atom. The van der Waals surface area contributed by atoms with E-state index in [9.17, 15) is 58.2 Å². The van der Waals surface area contributed by atoms with Gasteiger partial charge in [-0.25, -0.2) is 9.97 Å². The first kappa shape index (κ1) is 75.3. The first-order valence-corrected chi connectivity index (χ1v) is 31.4. The number of aromatic nitrogens is 4. The summed E-state index contributed by atoms with van der Waals surface area (Å²) in [6, 6.07) is 8.76. The van der Waals surface area contributed by atoms with Crippen LogP contribution in [0.1, 0.15) is 94.3 Å². The molecule has 514 valence electrons. The third-order valence-corrected chi connectivity index (χ3v) is 15.6. The molecule has 5 aromatic rings. The predicted octanol–water partition coefficient (Wildman–Crippen LogP) is -2.04. The molecular weight excluding hydrogens is 1230 g/mol. The smallest absolute Gasteiger partial charge is 0.243 e. The molecule has 31 nitrogen and oxygen atoms in total. The summed E-state index contributed by atoms with van der Waals surface area (Å²) in [6.07, 6.45) is 6.90. The lowest BCUT2D eigenvalue weighted by Crippen LogP contribution is -2.61. The summed E-state index contributed by atoms with van der Waals surface area (Å²) in [4.78, 5) is 154. The van der Waals surface area contributed by atoms with Gasteiger partial charge >= 0.3 is 0 Å². The SMILES string of the molecule is CC[C@H](C)[C@H](NC(=O)[C@@H](NC(=O)CNC(=O)[C@@H](Cc1ccc(O)cc1)NC(=O)[C@H](Cc1ccccc1)NC(=O)[C@@H](N)Cc1c[nH]cn1)C(C)C)C(=O)N[C@H](Cc1c[nH]cn1)C(=O)N[C@@H](CCCNC(=N)N)C(=O)N[C@@H](Cc1ccc(O)cc1)C(=O)N[C@@H](CCCCN)C(N)=O. The highest BCUT2D eigenvalue weighted by Crippen LogP contribution is 2.17. The Bertz CT molecular complexity index is 3300. The molecule has 0 fully saturated rings. The second-order valence-corrected chi connectivity index (χ2v) is 23.5. The number of primary amides is 1. The van der Waals surface area contributed by atoms with Crippen molar-refractivity contribution in [3.63, 3.8) is 0 Å². The van der Waals surface area contributed by atoms with Gasteiger partial charge in [0.1, 0.15) is 59.8 Å². The number of guanidine groups is 1. The Morgan fingerprint density at radius 1 is 0.505 bits per heavy atom. The first-order valence-electron chi connectivity index (χ1n) is 31.4. The molecule has 0 saturated heterocycles. The molecule has 0 aliphatic carbocycles. The van der Waals surface area contributed by atoms with Crippen molar-refractivity contribution in [2.75, 3.05) is 19.6 Å². The zero-order valence-corrected chi connectivity index (χ0v) is 53.7. The number of amides is 10. The number of benzene rings is 3. The van der Waals surface area contributed by atoms with E-state index in [-0.39, 0.29) is 75.4 Å². The zero-order valence-electron chi connectivity index (χ0n) is 53.7. The number of unbranched alkanes of at least 4 members (excludes halogenated alkanes) is 1. The number of hydrogen-bond donors (Lipinski definition) is 19. The van der Waals surface area contributed by atoms with Gasteiger partial charge in [0, 0.05) is 51.0 Å². The predicted molar refractivity (Wildman–Crippen MR) is 350 cm³/mol. The van der Waals surface area contributed by atoms with Crippen LogP contribution in [-0.2, 0) is 80.0 Å². The van der Waals surface area contributed by atoms with Crippen molar-refractivity contribution < 1.29 is 58.2 Å². The van der Waals surface area contributed by atoms with Crippen molar-refractivity contribution in [3.05, 3.63) is 132 Å². The molecule has 31 heteroatoms. The van der Waals surface area contributed by atoms with Gasteiger partial charge in [-0.2, -0.15) is 0 Å². The Hall–Kier alpha value is -10.4. The van der Waals surface area contributed by atoms with Crippen molar-refractivity contribution in [2.24, 2.45) is 34.8 Å². The lowest BCUT2D eigenvalue weighted by Gasteiger charge is -2.30. The summed E-state index contributed by atoms with van der Waals surface area (Å²) in [7, 11) is 0. The Labute approximate surface area is 550 Å². The minimum Gasteiger partial charge on any atom is -0.508 e. The number of H-pyrrole nitrogens is 2. The van der Waals surface area contributed by atoms with Gasteiger partial charge in [0.2, 0.25) is 59.1 Å². The van der Waals surface area contributed by atoms with Gasteiger partial charge < -0.3 is 96.3 Å². The van der Waals surface area contributed by atoms with Crippen molar-refractivity contribution >= 4 is 65.0 Å². The van der Waals surface area contributed by atoms with Crippen LogP contribution in [-0.4, -0.2) is 169 Å². The monoisotopic (exact) mass is 1320 g/mol. The van der Waals surface area contributed by atoms with Crippen LogP contribution < -0.4 is 76.1 Å². The molecule has 0 aliphatic rings. The summed E-state index contributed by atoms with van der Waals surface area (Å²) in [5.74, 6) is -9.76. The first-order chi connectivity index (χ1) is 45.3. The van der Waals surface area contributed by atoms with Gasteiger partial charge in [0.25, 0.3) is 0 Å². The fraction of sp³-hybridized carbons (Fsp3) is 0.453. The maximum absolute atomic E-state index is 14.7. The maximum Gasteiger partial charge on any atom is 0.243 e. The quantitative estimate of drug-likeness (QED) is 0.0114. The van der Waals surface area contributed by atoms with E-state index >= 15 is 0 Å². The van der Waals surface area contributed by atoms with E-state index in [1.807, 2.05) is 0 Å². The lowest BCUT2D eigenvalue weighted by atomic mass is 9.96. The van der Waals surface area contributed by atoms with Gasteiger partial charge in [-0.1, -0.05) is 88.7 Å². The summed E-state index contributed by atoms with van der Waals surface area (Å²) >= 11 is 0. The second-order valence-electron chi connectivity index (χ2n) is 23.5. The zero-order chi connectivity index (χ0) is 69.6. The van der Waals surface area contributed by atoms with Crippen LogP contribution in [0.15, 0.2) is 104 Å². The number of phenolic OH excluding ortho intramolecular Hbond substituents is 2. The second kappa shape index (κ2) is 38.6. The number of nitrogens with zero attached hydrogens (tertiary/aromatic N) is 2. The largest absolute Gasteiger partial charge is 0.508 e. The van der Waals surface area contributed by atoms with Gasteiger partial charge in [-0.05, 0) is 91.4 Å². The Morgan fingerprint density at radius 3 is 1.45 bits per heavy atom. The molecule has 0 bridgehead atoms. The highest BCUT2D eigenvalue weighted by Gasteiger charge is 2.37. The number of carbonyl (C=O) groups is 10. The molecule has 0 aliphatic heterocycles. The fourth-order valence-electron chi connectivity index (χ4n) is 9.96. The topological polar surface area (TPSA) is 517 Å². The van der Waals surface area contributed by atoms with Crippen molar-refractivity contribution in [1.29, 1.82) is 5.41 Å². The van der Waals surface area contributed by atoms with Gasteiger partial charge in [0.05, 0.1) is 36.6 Å². The number of aromatic amines is 2. The molecule has 10 amide bonds. The molecule has 23 N–H and O–H groups in total. The fourth-order valence-corrected chi connectivity index (χ4v) is 9.96. The van der Waals surface area contributed by atoms with E-state index in [4.69, 9.17) is 28.3 Å². The summed E-state index contributed by atoms with van der Waals surface area (Å²) < 4.78 is 0. The minimum absolute atomic E-state index is 0.00210. The van der Waals surface area contributed by atoms with E-state index < -0.39 is 132 Å². The van der Waals surface area contributed by atoms with E-state index in [2.05, 4.69) is 73.1 Å². The molecule has 2 heterocycles. The normalized spacial score (nSPS) is 14.3. The maximum atomic E-state index is 14.7. The molecule has 2 aromatic heterocycles.